The van der Waals surface area contributed by atoms with Crippen LogP contribution in [0.5, 0.6) is 11.5 Å². The van der Waals surface area contributed by atoms with Gasteiger partial charge in [-0.15, -0.1) is 0 Å². The van der Waals surface area contributed by atoms with Gasteiger partial charge in [0.1, 0.15) is 34.6 Å². The first-order valence-corrected chi connectivity index (χ1v) is 13.3. The lowest BCUT2D eigenvalue weighted by Gasteiger charge is -2.44. The van der Waals surface area contributed by atoms with Gasteiger partial charge in [-0.3, -0.25) is 24.3 Å². The Bertz CT molecular complexity index is 1390. The third-order valence-corrected chi connectivity index (χ3v) is 7.54. The molecule has 3 heterocycles. The molecule has 10 nitrogen and oxygen atoms in total. The molecule has 1 aromatic heterocycles. The van der Waals surface area contributed by atoms with Gasteiger partial charge in [-0.05, 0) is 48.0 Å². The number of nitrogens with one attached hydrogen (secondary N) is 1. The Kier molecular flexibility index (Phi) is 8.16. The van der Waals surface area contributed by atoms with E-state index in [1.54, 1.807) is 41.6 Å². The van der Waals surface area contributed by atoms with Gasteiger partial charge >= 0.3 is 0 Å². The lowest BCUT2D eigenvalue weighted by atomic mass is 9.95. The lowest BCUT2D eigenvalue weighted by molar-refractivity contribution is -0.128. The fourth-order valence-corrected chi connectivity index (χ4v) is 5.39. The molecule has 0 unspecified atom stereocenters. The van der Waals surface area contributed by atoms with E-state index >= 15 is 0 Å². The van der Waals surface area contributed by atoms with E-state index in [1.807, 2.05) is 6.07 Å². The predicted molar refractivity (Wildman–Crippen MR) is 146 cm³/mol. The van der Waals surface area contributed by atoms with Crippen LogP contribution in [0.15, 0.2) is 67.0 Å². The topological polar surface area (TPSA) is 110 Å². The van der Waals surface area contributed by atoms with Crippen molar-refractivity contribution in [3.05, 3.63) is 89.5 Å². The summed E-state index contributed by atoms with van der Waals surface area (Å²) in [5.41, 5.74) is 0.236. The summed E-state index contributed by atoms with van der Waals surface area (Å²) in [6, 6.07) is 13.0. The Balaban J connectivity index is 1.38. The van der Waals surface area contributed by atoms with E-state index in [0.717, 1.165) is 5.56 Å². The van der Waals surface area contributed by atoms with Crippen molar-refractivity contribution < 1.29 is 33.0 Å². The van der Waals surface area contributed by atoms with Crippen molar-refractivity contribution in [3.8, 4) is 11.5 Å². The van der Waals surface area contributed by atoms with Gasteiger partial charge in [-0.25, -0.2) is 4.39 Å². The quantitative estimate of drug-likeness (QED) is 0.471. The minimum absolute atomic E-state index is 0.0138. The first-order chi connectivity index (χ1) is 19.9. The van der Waals surface area contributed by atoms with Crippen LogP contribution in [0.3, 0.4) is 0 Å². The standard InChI is InChI=1S/C30H31FN4O6/c1-39-24-6-3-7-25(40-2)26(24)29(38)34-15-12-30(13-16-34)35(28(37)21-8-10-22(31)11-9-21)23(19-41-30)27(36)33-18-20-5-4-14-32-17-20/h3-11,14,17,23H,12-13,15-16,18-19H2,1-2H3,(H,33,36)/t23-/m0/s1. The molecule has 5 rings (SSSR count). The number of ether oxygens (including phenoxy) is 3. The molecule has 1 atom stereocenters. The second-order valence-electron chi connectivity index (χ2n) is 9.86. The second kappa shape index (κ2) is 11.9. The Morgan fingerprint density at radius 3 is 2.29 bits per heavy atom. The van der Waals surface area contributed by atoms with Gasteiger partial charge in [0, 0.05) is 50.4 Å². The number of piperidine rings is 1. The summed E-state index contributed by atoms with van der Waals surface area (Å²) in [7, 11) is 2.98. The fourth-order valence-electron chi connectivity index (χ4n) is 5.39. The molecule has 2 aliphatic rings. The first-order valence-electron chi connectivity index (χ1n) is 13.3. The Morgan fingerprint density at radius 2 is 1.68 bits per heavy atom. The van der Waals surface area contributed by atoms with Gasteiger partial charge in [0.15, 0.2) is 0 Å². The van der Waals surface area contributed by atoms with E-state index in [0.29, 0.717) is 17.1 Å². The van der Waals surface area contributed by atoms with Crippen molar-refractivity contribution in [1.82, 2.24) is 20.1 Å². The second-order valence-corrected chi connectivity index (χ2v) is 9.86. The maximum Gasteiger partial charge on any atom is 0.261 e. The zero-order valence-corrected chi connectivity index (χ0v) is 22.8. The molecule has 3 aromatic rings. The van der Waals surface area contributed by atoms with Crippen LogP contribution in [0.25, 0.3) is 0 Å². The van der Waals surface area contributed by atoms with Crippen molar-refractivity contribution in [2.75, 3.05) is 33.9 Å². The summed E-state index contributed by atoms with van der Waals surface area (Å²) in [6.07, 6.45) is 3.84. The maximum atomic E-state index is 13.8. The molecular weight excluding hydrogens is 531 g/mol. The fraction of sp³-hybridized carbons (Fsp3) is 0.333. The predicted octanol–water partition coefficient (Wildman–Crippen LogP) is 3.03. The van der Waals surface area contributed by atoms with Crippen LogP contribution in [-0.4, -0.2) is 78.2 Å². The first kappa shape index (κ1) is 28.0. The van der Waals surface area contributed by atoms with Crippen LogP contribution in [-0.2, 0) is 16.1 Å². The highest BCUT2D eigenvalue weighted by atomic mass is 19.1. The number of methoxy groups -OCH3 is 2. The molecule has 41 heavy (non-hydrogen) atoms. The zero-order valence-electron chi connectivity index (χ0n) is 22.8. The van der Waals surface area contributed by atoms with Crippen LogP contribution in [0.4, 0.5) is 4.39 Å². The molecule has 3 amide bonds. The Morgan fingerprint density at radius 1 is 1.00 bits per heavy atom. The van der Waals surface area contributed by atoms with Crippen LogP contribution in [0.1, 0.15) is 39.1 Å². The molecule has 0 radical (unpaired) electrons. The molecule has 2 saturated heterocycles. The maximum absolute atomic E-state index is 13.8. The van der Waals surface area contributed by atoms with Crippen LogP contribution in [0, 0.1) is 5.82 Å². The molecule has 0 saturated carbocycles. The van der Waals surface area contributed by atoms with E-state index in [9.17, 15) is 18.8 Å². The summed E-state index contributed by atoms with van der Waals surface area (Å²) in [5.74, 6) is -0.781. The molecular formula is C30H31FN4O6. The summed E-state index contributed by atoms with van der Waals surface area (Å²) in [4.78, 5) is 48.0. The van der Waals surface area contributed by atoms with Crippen molar-refractivity contribution in [2.45, 2.75) is 31.2 Å². The molecule has 1 spiro atoms. The third kappa shape index (κ3) is 5.58. The number of carbonyl (C=O) groups is 3. The molecule has 0 bridgehead atoms. The highest BCUT2D eigenvalue weighted by Crippen LogP contribution is 2.40. The lowest BCUT2D eigenvalue weighted by Crippen LogP contribution is -2.59. The highest BCUT2D eigenvalue weighted by molar-refractivity contribution is 6.00. The minimum Gasteiger partial charge on any atom is -0.496 e. The zero-order chi connectivity index (χ0) is 29.0. The van der Waals surface area contributed by atoms with Crippen molar-refractivity contribution in [1.29, 1.82) is 0 Å². The molecule has 2 fully saturated rings. The third-order valence-electron chi connectivity index (χ3n) is 7.54. The number of amides is 3. The number of aromatic nitrogens is 1. The highest BCUT2D eigenvalue weighted by Gasteiger charge is 2.54. The summed E-state index contributed by atoms with van der Waals surface area (Å²) >= 11 is 0. The van der Waals surface area contributed by atoms with Crippen LogP contribution < -0.4 is 14.8 Å². The number of benzene rings is 2. The van der Waals surface area contributed by atoms with Crippen molar-refractivity contribution >= 4 is 17.7 Å². The number of likely N-dealkylation sites (tertiary alicyclic amines) is 1. The Hall–Kier alpha value is -4.51. The number of halogens is 1. The number of pyridine rings is 1. The van der Waals surface area contributed by atoms with E-state index in [1.165, 1.54) is 43.4 Å². The van der Waals surface area contributed by atoms with Crippen molar-refractivity contribution in [3.63, 3.8) is 0 Å². The van der Waals surface area contributed by atoms with E-state index in [-0.39, 0.29) is 56.5 Å². The largest absolute Gasteiger partial charge is 0.496 e. The van der Waals surface area contributed by atoms with Gasteiger partial charge in [0.25, 0.3) is 11.8 Å². The normalized spacial score (nSPS) is 17.8. The Labute approximate surface area is 237 Å². The van der Waals surface area contributed by atoms with Gasteiger partial charge < -0.3 is 24.4 Å². The number of hydrogen-bond donors (Lipinski definition) is 1. The van der Waals surface area contributed by atoms with Gasteiger partial charge in [0.05, 0.1) is 20.8 Å². The molecule has 214 valence electrons. The summed E-state index contributed by atoms with van der Waals surface area (Å²) in [5, 5.41) is 2.88. The molecule has 1 N–H and O–H groups in total. The van der Waals surface area contributed by atoms with E-state index < -0.39 is 23.5 Å². The average molecular weight is 563 g/mol. The molecule has 2 aromatic carbocycles. The smallest absolute Gasteiger partial charge is 0.261 e. The van der Waals surface area contributed by atoms with Gasteiger partial charge in [-0.1, -0.05) is 12.1 Å². The number of rotatable bonds is 7. The van der Waals surface area contributed by atoms with E-state index in [2.05, 4.69) is 10.3 Å². The van der Waals surface area contributed by atoms with Crippen LogP contribution >= 0.6 is 0 Å². The van der Waals surface area contributed by atoms with Crippen molar-refractivity contribution in [2.24, 2.45) is 0 Å². The van der Waals surface area contributed by atoms with Crippen LogP contribution in [0.2, 0.25) is 0 Å². The molecule has 0 aliphatic carbocycles. The minimum atomic E-state index is -1.12. The van der Waals surface area contributed by atoms with E-state index in [4.69, 9.17) is 14.2 Å². The average Bonchev–Trinajstić information content (AvgIpc) is 3.38. The number of carbonyl (C=O) groups excluding carboxylic acids is 3. The summed E-state index contributed by atoms with van der Waals surface area (Å²) < 4.78 is 30.7. The number of nitrogens with zero attached hydrogens (tertiary/aromatic N) is 3. The summed E-state index contributed by atoms with van der Waals surface area (Å²) in [6.45, 7) is 0.742. The molecule has 2 aliphatic heterocycles. The van der Waals surface area contributed by atoms with Gasteiger partial charge in [-0.2, -0.15) is 0 Å². The monoisotopic (exact) mass is 562 g/mol. The number of hydrogen-bond acceptors (Lipinski definition) is 7. The molecule has 11 heteroatoms. The SMILES string of the molecule is COc1cccc(OC)c1C(=O)N1CCC2(CC1)OC[C@@H](C(=O)NCc1cccnc1)N2C(=O)c1ccc(F)cc1. The van der Waals surface area contributed by atoms with Gasteiger partial charge in [0.2, 0.25) is 5.91 Å².